The summed E-state index contributed by atoms with van der Waals surface area (Å²) in [7, 11) is -2.37. The summed E-state index contributed by atoms with van der Waals surface area (Å²) in [6.07, 6.45) is 1.48. The third-order valence-corrected chi connectivity index (χ3v) is 6.51. The first-order valence-corrected chi connectivity index (χ1v) is 11.0. The quantitative estimate of drug-likeness (QED) is 0.512. The van der Waals surface area contributed by atoms with E-state index in [4.69, 9.17) is 11.6 Å². The number of nitrogens with one attached hydrogen (secondary N) is 1. The molecule has 6 nitrogen and oxygen atoms in total. The fourth-order valence-electron chi connectivity index (χ4n) is 3.17. The maximum atomic E-state index is 13.1. The molecule has 3 aromatic carbocycles. The van der Waals surface area contributed by atoms with E-state index < -0.39 is 10.2 Å². The Morgan fingerprint density at radius 3 is 2.50 bits per heavy atom. The Bertz CT molecular complexity index is 1410. The summed E-state index contributed by atoms with van der Waals surface area (Å²) in [4.78, 5) is 17.3. The second-order valence-corrected chi connectivity index (χ2v) is 9.02. The van der Waals surface area contributed by atoms with Crippen LogP contribution in [0, 0.1) is 0 Å². The zero-order valence-electron chi connectivity index (χ0n) is 16.0. The number of pyridine rings is 1. The Hall–Kier alpha value is -3.00. The van der Waals surface area contributed by atoms with Crippen LogP contribution >= 0.6 is 11.6 Å². The van der Waals surface area contributed by atoms with Gasteiger partial charge in [0.1, 0.15) is 0 Å². The number of benzene rings is 2. The first kappa shape index (κ1) is 20.3. The van der Waals surface area contributed by atoms with E-state index in [-0.39, 0.29) is 12.0 Å². The standard InChI is InChI=1S/C22H18ClN3O3S/c1-26(30(28,29)25-13-15-5-3-2-4-6-15)18-9-7-16-8-10-21-20(11-17(23)14-24-21)22(27)19(16)12-18/h2-12,14,25H,13H2,1H3. The molecule has 0 unspecified atom stereocenters. The lowest BCUT2D eigenvalue weighted by Gasteiger charge is -2.20. The Morgan fingerprint density at radius 1 is 1.00 bits per heavy atom. The predicted octanol–water partition coefficient (Wildman–Crippen LogP) is 3.87. The minimum absolute atomic E-state index is 0.164. The second-order valence-electron chi connectivity index (χ2n) is 6.80. The average Bonchev–Trinajstić information content (AvgIpc) is 2.89. The lowest BCUT2D eigenvalue weighted by atomic mass is 10.1. The predicted molar refractivity (Wildman–Crippen MR) is 121 cm³/mol. The molecule has 30 heavy (non-hydrogen) atoms. The molecule has 0 amide bonds. The van der Waals surface area contributed by atoms with E-state index in [1.54, 1.807) is 36.4 Å². The summed E-state index contributed by atoms with van der Waals surface area (Å²) in [5.74, 6) is 0. The fourth-order valence-corrected chi connectivity index (χ4v) is 4.26. The molecule has 0 bridgehead atoms. The molecule has 0 aliphatic heterocycles. The summed E-state index contributed by atoms with van der Waals surface area (Å²) in [5.41, 5.74) is 1.48. The van der Waals surface area contributed by atoms with Gasteiger partial charge in [0.15, 0.2) is 5.43 Å². The molecular weight excluding hydrogens is 422 g/mol. The molecule has 0 spiro atoms. The number of rotatable bonds is 5. The smallest absolute Gasteiger partial charge is 0.289 e. The summed E-state index contributed by atoms with van der Waals surface area (Å²) in [5, 5.41) is 1.81. The maximum absolute atomic E-state index is 13.1. The normalized spacial score (nSPS) is 11.7. The Balaban J connectivity index is 1.74. The molecule has 4 rings (SSSR count). The number of aromatic nitrogens is 1. The molecule has 0 radical (unpaired) electrons. The van der Waals surface area contributed by atoms with Crippen LogP contribution in [0.25, 0.3) is 21.7 Å². The molecule has 1 heterocycles. The van der Waals surface area contributed by atoms with Crippen LogP contribution in [0.2, 0.25) is 5.02 Å². The molecule has 4 aromatic rings. The molecule has 152 valence electrons. The highest BCUT2D eigenvalue weighted by atomic mass is 35.5. The molecule has 0 saturated carbocycles. The van der Waals surface area contributed by atoms with E-state index in [1.807, 2.05) is 30.3 Å². The van der Waals surface area contributed by atoms with Crippen molar-refractivity contribution in [2.75, 3.05) is 11.4 Å². The Labute approximate surface area is 178 Å². The minimum Gasteiger partial charge on any atom is -0.289 e. The second kappa shape index (κ2) is 8.02. The Kier molecular flexibility index (Phi) is 5.42. The van der Waals surface area contributed by atoms with Gasteiger partial charge in [-0.25, -0.2) is 0 Å². The van der Waals surface area contributed by atoms with Gasteiger partial charge in [-0.2, -0.15) is 13.1 Å². The highest BCUT2D eigenvalue weighted by Crippen LogP contribution is 2.23. The van der Waals surface area contributed by atoms with E-state index >= 15 is 0 Å². The number of anilines is 1. The van der Waals surface area contributed by atoms with Crippen LogP contribution in [0.4, 0.5) is 5.69 Å². The summed E-state index contributed by atoms with van der Waals surface area (Å²) >= 11 is 6.01. The maximum Gasteiger partial charge on any atom is 0.301 e. The molecule has 0 fully saturated rings. The van der Waals surface area contributed by atoms with Crippen LogP contribution in [-0.4, -0.2) is 20.4 Å². The van der Waals surface area contributed by atoms with Gasteiger partial charge in [0.2, 0.25) is 0 Å². The minimum atomic E-state index is -3.81. The van der Waals surface area contributed by atoms with Crippen LogP contribution < -0.4 is 14.5 Å². The van der Waals surface area contributed by atoms with Gasteiger partial charge >= 0.3 is 10.2 Å². The molecule has 0 aliphatic carbocycles. The zero-order chi connectivity index (χ0) is 21.3. The fraction of sp³-hybridized carbons (Fsp3) is 0.0909. The lowest BCUT2D eigenvalue weighted by Crippen LogP contribution is -2.37. The molecule has 1 N–H and O–H groups in total. The molecule has 1 aromatic heterocycles. The van der Waals surface area contributed by atoms with Crippen LogP contribution in [0.3, 0.4) is 0 Å². The lowest BCUT2D eigenvalue weighted by molar-refractivity contribution is 0.579. The van der Waals surface area contributed by atoms with E-state index in [0.29, 0.717) is 32.4 Å². The van der Waals surface area contributed by atoms with Crippen molar-refractivity contribution in [2.24, 2.45) is 0 Å². The number of nitrogens with zero attached hydrogens (tertiary/aromatic N) is 2. The third-order valence-electron chi connectivity index (χ3n) is 4.86. The van der Waals surface area contributed by atoms with Gasteiger partial charge in [0.25, 0.3) is 0 Å². The monoisotopic (exact) mass is 439 g/mol. The number of fused-ring (bicyclic) bond motifs is 2. The van der Waals surface area contributed by atoms with Gasteiger partial charge in [-0.05, 0) is 35.2 Å². The van der Waals surface area contributed by atoms with Gasteiger partial charge in [0.05, 0.1) is 16.2 Å². The van der Waals surface area contributed by atoms with Gasteiger partial charge in [0, 0.05) is 30.6 Å². The van der Waals surface area contributed by atoms with E-state index in [1.165, 1.54) is 13.2 Å². The number of hydrogen-bond donors (Lipinski definition) is 1. The van der Waals surface area contributed by atoms with Gasteiger partial charge in [-0.15, -0.1) is 0 Å². The van der Waals surface area contributed by atoms with Crippen LogP contribution in [0.15, 0.2) is 77.7 Å². The van der Waals surface area contributed by atoms with Crippen molar-refractivity contribution < 1.29 is 8.42 Å². The van der Waals surface area contributed by atoms with Crippen molar-refractivity contribution in [1.82, 2.24) is 9.71 Å². The summed E-state index contributed by atoms with van der Waals surface area (Å²) < 4.78 is 29.2. The number of hydrogen-bond acceptors (Lipinski definition) is 4. The van der Waals surface area contributed by atoms with E-state index in [0.717, 1.165) is 9.87 Å². The van der Waals surface area contributed by atoms with Crippen LogP contribution in [-0.2, 0) is 16.8 Å². The highest BCUT2D eigenvalue weighted by molar-refractivity contribution is 7.90. The van der Waals surface area contributed by atoms with Crippen molar-refractivity contribution in [2.45, 2.75) is 6.54 Å². The molecule has 0 aliphatic rings. The molecule has 0 saturated heterocycles. The number of halogens is 1. The largest absolute Gasteiger partial charge is 0.301 e. The molecule has 8 heteroatoms. The van der Waals surface area contributed by atoms with Crippen LogP contribution in [0.5, 0.6) is 0 Å². The zero-order valence-corrected chi connectivity index (χ0v) is 17.6. The Morgan fingerprint density at radius 2 is 1.73 bits per heavy atom. The van der Waals surface area contributed by atoms with Gasteiger partial charge in [-0.1, -0.05) is 54.1 Å². The van der Waals surface area contributed by atoms with E-state index in [2.05, 4.69) is 9.71 Å². The van der Waals surface area contributed by atoms with Crippen molar-refractivity contribution >= 4 is 49.2 Å². The first-order valence-electron chi connectivity index (χ1n) is 9.15. The van der Waals surface area contributed by atoms with E-state index in [9.17, 15) is 13.2 Å². The third kappa shape index (κ3) is 4.00. The first-order chi connectivity index (χ1) is 14.3. The summed E-state index contributed by atoms with van der Waals surface area (Å²) in [6.45, 7) is 0.164. The average molecular weight is 440 g/mol. The van der Waals surface area contributed by atoms with Crippen molar-refractivity contribution in [3.8, 4) is 0 Å². The summed E-state index contributed by atoms with van der Waals surface area (Å²) in [6, 6.07) is 19.3. The molecular formula is C22H18ClN3O3S. The molecule has 0 atom stereocenters. The van der Waals surface area contributed by atoms with Gasteiger partial charge in [-0.3, -0.25) is 14.1 Å². The SMILES string of the molecule is CN(c1ccc2ccc3ncc(Cl)cc3c(=O)c2c1)S(=O)(=O)NCc1ccccc1. The van der Waals surface area contributed by atoms with Crippen molar-refractivity contribution in [1.29, 1.82) is 0 Å². The van der Waals surface area contributed by atoms with Crippen molar-refractivity contribution in [3.63, 3.8) is 0 Å². The highest BCUT2D eigenvalue weighted by Gasteiger charge is 2.18. The van der Waals surface area contributed by atoms with Gasteiger partial charge < -0.3 is 0 Å². The van der Waals surface area contributed by atoms with Crippen molar-refractivity contribution in [3.05, 3.63) is 93.7 Å². The van der Waals surface area contributed by atoms with Crippen LogP contribution in [0.1, 0.15) is 5.56 Å². The topological polar surface area (TPSA) is 79.4 Å².